The molecule has 2 heterocycles. The van der Waals surface area contributed by atoms with Crippen molar-refractivity contribution >= 4 is 55.9 Å². The van der Waals surface area contributed by atoms with E-state index >= 15 is 0 Å². The number of aryl methyl sites for hydroxylation is 2. The van der Waals surface area contributed by atoms with Crippen molar-refractivity contribution in [2.75, 3.05) is 15.9 Å². The molecule has 0 radical (unpaired) electrons. The lowest BCUT2D eigenvalue weighted by atomic mass is 10.2. The van der Waals surface area contributed by atoms with Crippen molar-refractivity contribution in [3.63, 3.8) is 0 Å². The summed E-state index contributed by atoms with van der Waals surface area (Å²) in [6.07, 6.45) is 0. The zero-order valence-corrected chi connectivity index (χ0v) is 16.4. The van der Waals surface area contributed by atoms with Crippen LogP contribution in [-0.2, 0) is 10.0 Å². The lowest BCUT2D eigenvalue weighted by Gasteiger charge is -2.19. The van der Waals surface area contributed by atoms with E-state index in [1.165, 1.54) is 28.9 Å². The normalized spacial score (nSPS) is 14.6. The lowest BCUT2D eigenvalue weighted by Crippen LogP contribution is -2.34. The summed E-state index contributed by atoms with van der Waals surface area (Å²) < 4.78 is 27.9. The molecule has 0 amide bonds. The van der Waals surface area contributed by atoms with Crippen LogP contribution in [-0.4, -0.2) is 39.3 Å². The number of hydrazine groups is 1. The second kappa shape index (κ2) is 7.17. The first-order valence-electron chi connectivity index (χ1n) is 7.51. The van der Waals surface area contributed by atoms with Gasteiger partial charge in [-0.05, 0) is 26.0 Å². The van der Waals surface area contributed by atoms with Crippen LogP contribution in [0.15, 0.2) is 35.2 Å². The predicted molar refractivity (Wildman–Crippen MR) is 107 cm³/mol. The Balaban J connectivity index is 1.84. The van der Waals surface area contributed by atoms with E-state index in [0.29, 0.717) is 27.4 Å². The topological polar surface area (TPSA) is 111 Å². The summed E-state index contributed by atoms with van der Waals surface area (Å²) in [7, 11) is -3.80. The zero-order valence-electron chi connectivity index (χ0n) is 14.0. The maximum absolute atomic E-state index is 12.5. The number of anilines is 2. The molecule has 0 bridgehead atoms. The van der Waals surface area contributed by atoms with Crippen LogP contribution in [0.25, 0.3) is 0 Å². The largest absolute Gasteiger partial charge is 0.286 e. The Morgan fingerprint density at radius 2 is 1.92 bits per heavy atom. The van der Waals surface area contributed by atoms with Crippen LogP contribution in [0.4, 0.5) is 11.8 Å². The number of rotatable bonds is 5. The summed E-state index contributed by atoms with van der Waals surface area (Å²) in [4.78, 5) is 8.42. The molecule has 0 unspecified atom stereocenters. The molecule has 0 atom stereocenters. The minimum atomic E-state index is -3.80. The molecule has 1 fully saturated rings. The van der Waals surface area contributed by atoms with Crippen molar-refractivity contribution in [3.8, 4) is 0 Å². The first kappa shape index (κ1) is 18.5. The van der Waals surface area contributed by atoms with E-state index in [1.54, 1.807) is 25.1 Å². The van der Waals surface area contributed by atoms with Gasteiger partial charge in [0.15, 0.2) is 10.1 Å². The first-order chi connectivity index (χ1) is 12.2. The van der Waals surface area contributed by atoms with Gasteiger partial charge >= 0.3 is 0 Å². The highest BCUT2D eigenvalue weighted by molar-refractivity contribution is 8.24. The molecule has 11 heteroatoms. The van der Waals surface area contributed by atoms with Gasteiger partial charge in [-0.25, -0.2) is 23.1 Å². The van der Waals surface area contributed by atoms with Crippen molar-refractivity contribution in [1.82, 2.24) is 15.0 Å². The van der Waals surface area contributed by atoms with Gasteiger partial charge < -0.3 is 0 Å². The van der Waals surface area contributed by atoms with Crippen LogP contribution in [0.1, 0.15) is 11.3 Å². The number of sulfonamides is 1. The number of amidine groups is 1. The van der Waals surface area contributed by atoms with Crippen LogP contribution in [0, 0.1) is 19.3 Å². The number of hydrogen-bond donors (Lipinski definition) is 3. The fourth-order valence-electron chi connectivity index (χ4n) is 2.17. The monoisotopic (exact) mass is 408 g/mol. The molecule has 0 spiro atoms. The van der Waals surface area contributed by atoms with Crippen LogP contribution < -0.4 is 10.1 Å². The molecular formula is C15H16N6O2S3. The van der Waals surface area contributed by atoms with E-state index in [4.69, 9.17) is 17.6 Å². The number of thiocarbonyl (C=S) groups is 1. The highest BCUT2D eigenvalue weighted by Crippen LogP contribution is 2.21. The molecule has 1 aliphatic heterocycles. The fourth-order valence-corrected chi connectivity index (χ4v) is 4.12. The van der Waals surface area contributed by atoms with E-state index in [2.05, 4.69) is 20.1 Å². The molecule has 1 aromatic carbocycles. The van der Waals surface area contributed by atoms with Crippen molar-refractivity contribution < 1.29 is 8.42 Å². The third kappa shape index (κ3) is 4.11. The quantitative estimate of drug-likeness (QED) is 0.647. The van der Waals surface area contributed by atoms with Gasteiger partial charge in [0, 0.05) is 11.8 Å². The number of nitrogens with zero attached hydrogens (tertiary/aromatic N) is 3. The van der Waals surface area contributed by atoms with E-state index in [9.17, 15) is 8.42 Å². The Kier molecular flexibility index (Phi) is 5.12. The fraction of sp³-hybridized carbons (Fsp3) is 0.200. The van der Waals surface area contributed by atoms with E-state index in [-0.39, 0.29) is 10.8 Å². The highest BCUT2D eigenvalue weighted by atomic mass is 32.2. The van der Waals surface area contributed by atoms with Gasteiger partial charge in [0.25, 0.3) is 10.0 Å². The van der Waals surface area contributed by atoms with Gasteiger partial charge in [-0.1, -0.05) is 41.7 Å². The summed E-state index contributed by atoms with van der Waals surface area (Å²) in [6, 6.07) is 8.12. The summed E-state index contributed by atoms with van der Waals surface area (Å²) in [5.41, 5.74) is 4.44. The molecule has 3 N–H and O–H groups in total. The number of nitrogens with one attached hydrogen (secondary N) is 3. The average Bonchev–Trinajstić information content (AvgIpc) is 2.86. The summed E-state index contributed by atoms with van der Waals surface area (Å²) >= 11 is 6.54. The molecule has 0 saturated carbocycles. The third-order valence-electron chi connectivity index (χ3n) is 3.42. The molecule has 1 saturated heterocycles. The van der Waals surface area contributed by atoms with Crippen molar-refractivity contribution in [3.05, 3.63) is 41.6 Å². The lowest BCUT2D eigenvalue weighted by molar-refractivity contribution is 0.600. The second-order valence-electron chi connectivity index (χ2n) is 5.59. The number of thioether (sulfide) groups is 1. The summed E-state index contributed by atoms with van der Waals surface area (Å²) in [6.45, 7) is 3.60. The molecular weight excluding hydrogens is 392 g/mol. The Morgan fingerprint density at radius 1 is 1.23 bits per heavy atom. The van der Waals surface area contributed by atoms with Crippen molar-refractivity contribution in [2.24, 2.45) is 0 Å². The van der Waals surface area contributed by atoms with E-state index < -0.39 is 10.0 Å². The maximum atomic E-state index is 12.5. The highest BCUT2D eigenvalue weighted by Gasteiger charge is 2.24. The Bertz CT molecular complexity index is 959. The van der Waals surface area contributed by atoms with Crippen LogP contribution in [0.5, 0.6) is 0 Å². The van der Waals surface area contributed by atoms with Gasteiger partial charge in [-0.3, -0.25) is 10.8 Å². The Hall–Kier alpha value is -2.24. The Morgan fingerprint density at radius 3 is 2.54 bits per heavy atom. The van der Waals surface area contributed by atoms with Gasteiger partial charge in [0.2, 0.25) is 5.95 Å². The first-order valence-corrected chi connectivity index (χ1v) is 10.4. The smallest absolute Gasteiger partial charge is 0.264 e. The van der Waals surface area contributed by atoms with Gasteiger partial charge in [0.1, 0.15) is 5.84 Å². The van der Waals surface area contributed by atoms with Crippen LogP contribution in [0.3, 0.4) is 0 Å². The standard InChI is InChI=1S/C15H16N6O2S3/c1-9-3-5-11(6-4-9)26(22,23)20-14-17-10(2)7-13(18-14)19-21-12(16)8-25-15(21)24/h3-7,16H,8H2,1-2H3,(H2,17,18,19,20). The number of benzene rings is 1. The molecule has 8 nitrogen and oxygen atoms in total. The summed E-state index contributed by atoms with van der Waals surface area (Å²) in [5.74, 6) is 1.06. The minimum Gasteiger partial charge on any atom is -0.286 e. The third-order valence-corrected chi connectivity index (χ3v) is 6.15. The molecule has 3 rings (SSSR count). The molecule has 2 aromatic rings. The summed E-state index contributed by atoms with van der Waals surface area (Å²) in [5, 5.41) is 9.30. The maximum Gasteiger partial charge on any atom is 0.264 e. The SMILES string of the molecule is Cc1ccc(S(=O)(=O)Nc2nc(C)cc(NN3C(=N)CSC3=S)n2)cc1. The van der Waals surface area contributed by atoms with Gasteiger partial charge in [0.05, 0.1) is 10.6 Å². The zero-order chi connectivity index (χ0) is 18.9. The van der Waals surface area contributed by atoms with Crippen LogP contribution >= 0.6 is 24.0 Å². The van der Waals surface area contributed by atoms with Crippen molar-refractivity contribution in [1.29, 1.82) is 5.41 Å². The number of hydrogen-bond acceptors (Lipinski definition) is 8. The minimum absolute atomic E-state index is 0.0580. The predicted octanol–water partition coefficient (Wildman–Crippen LogP) is 2.53. The van der Waals surface area contributed by atoms with Crippen LogP contribution in [0.2, 0.25) is 0 Å². The molecule has 1 aliphatic rings. The van der Waals surface area contributed by atoms with E-state index in [1.807, 2.05) is 6.92 Å². The molecule has 26 heavy (non-hydrogen) atoms. The van der Waals surface area contributed by atoms with Gasteiger partial charge in [-0.15, -0.1) is 0 Å². The number of aromatic nitrogens is 2. The Labute approximate surface area is 161 Å². The average molecular weight is 409 g/mol. The van der Waals surface area contributed by atoms with Gasteiger partial charge in [-0.2, -0.15) is 4.98 Å². The van der Waals surface area contributed by atoms with Crippen molar-refractivity contribution in [2.45, 2.75) is 18.7 Å². The van der Waals surface area contributed by atoms with E-state index in [0.717, 1.165) is 5.56 Å². The molecule has 1 aromatic heterocycles. The molecule has 136 valence electrons. The molecule has 0 aliphatic carbocycles. The second-order valence-corrected chi connectivity index (χ2v) is 8.88.